The Labute approximate surface area is 207 Å². The molecule has 0 bridgehead atoms. The summed E-state index contributed by atoms with van der Waals surface area (Å²) in [6.07, 6.45) is -3.57. The highest BCUT2D eigenvalue weighted by molar-refractivity contribution is 6.08. The molecule has 1 amide bonds. The zero-order valence-electron chi connectivity index (χ0n) is 20.6. The largest absolute Gasteiger partial charge is 0.433 e. The van der Waals surface area contributed by atoms with Gasteiger partial charge in [0, 0.05) is 30.0 Å². The Kier molecular flexibility index (Phi) is 7.01. The molecule has 0 unspecified atom stereocenters. The molecule has 4 aromatic rings. The van der Waals surface area contributed by atoms with E-state index in [0.29, 0.717) is 15.8 Å². The Morgan fingerprint density at radius 3 is 2.22 bits per heavy atom. The second-order valence-electron chi connectivity index (χ2n) is 8.77. The van der Waals surface area contributed by atoms with E-state index in [1.54, 1.807) is 24.3 Å². The molecule has 4 rings (SSSR count). The van der Waals surface area contributed by atoms with E-state index in [2.05, 4.69) is 34.1 Å². The third kappa shape index (κ3) is 5.05. The molecular weight excluding hydrogens is 467 g/mol. The van der Waals surface area contributed by atoms with E-state index in [9.17, 15) is 18.0 Å². The molecule has 0 aliphatic heterocycles. The number of rotatable bonds is 7. The van der Waals surface area contributed by atoms with E-state index < -0.39 is 17.8 Å². The molecule has 2 aromatic carbocycles. The molecule has 1 N–H and O–H groups in total. The average Bonchev–Trinajstić information content (AvgIpc) is 3.29. The maximum Gasteiger partial charge on any atom is 0.433 e. The van der Waals surface area contributed by atoms with Gasteiger partial charge in [-0.1, -0.05) is 38.1 Å². The molecule has 0 aliphatic rings. The van der Waals surface area contributed by atoms with Crippen LogP contribution in [-0.2, 0) is 6.18 Å². The summed E-state index contributed by atoms with van der Waals surface area (Å²) in [5, 5.41) is 6.59. The lowest BCUT2D eigenvalue weighted by Gasteiger charge is -2.21. The number of hydrogen-bond acceptors (Lipinski definition) is 4. The van der Waals surface area contributed by atoms with Gasteiger partial charge >= 0.3 is 6.18 Å². The minimum absolute atomic E-state index is 0.0472. The van der Waals surface area contributed by atoms with Crippen LogP contribution in [0.25, 0.3) is 16.9 Å². The number of alkyl halides is 3. The normalized spacial score (nSPS) is 11.8. The first-order chi connectivity index (χ1) is 17.1. The summed E-state index contributed by atoms with van der Waals surface area (Å²) >= 11 is 0. The minimum atomic E-state index is -4.69. The Hall–Kier alpha value is -3.88. The molecular formula is C27H28F3N5O. The summed E-state index contributed by atoms with van der Waals surface area (Å²) in [6, 6.07) is 15.5. The van der Waals surface area contributed by atoms with E-state index in [4.69, 9.17) is 0 Å². The number of benzene rings is 2. The number of halogens is 3. The third-order valence-electron chi connectivity index (χ3n) is 6.13. The number of hydrogen-bond donors (Lipinski definition) is 1. The van der Waals surface area contributed by atoms with Gasteiger partial charge in [-0.05, 0) is 55.7 Å². The van der Waals surface area contributed by atoms with Crippen molar-refractivity contribution in [3.8, 4) is 11.3 Å². The van der Waals surface area contributed by atoms with E-state index in [1.165, 1.54) is 0 Å². The number of carbonyl (C=O) groups is 1. The molecule has 0 atom stereocenters. The molecule has 6 nitrogen and oxygen atoms in total. The molecule has 9 heteroatoms. The van der Waals surface area contributed by atoms with Crippen LogP contribution in [0.1, 0.15) is 55.2 Å². The molecule has 0 saturated carbocycles. The molecule has 0 spiro atoms. The average molecular weight is 496 g/mol. The van der Waals surface area contributed by atoms with Crippen LogP contribution in [0.3, 0.4) is 0 Å². The summed E-state index contributed by atoms with van der Waals surface area (Å²) < 4.78 is 42.4. The highest BCUT2D eigenvalue weighted by atomic mass is 19.4. The number of amides is 1. The van der Waals surface area contributed by atoms with Crippen LogP contribution in [0.2, 0.25) is 0 Å². The molecule has 2 aromatic heterocycles. The molecule has 2 heterocycles. The standard InChI is InChI=1S/C27H28F3N5O/c1-5-34(6-2)21-13-11-20(12-14-21)32-26(36)22-16-31-35-24(27(28,29)30)15-23(33-25(22)35)19-9-7-18(8-10-19)17(3)4/h7-17H,5-6H2,1-4H3,(H,32,36). The van der Waals surface area contributed by atoms with Crippen molar-refractivity contribution < 1.29 is 18.0 Å². The quantitative estimate of drug-likeness (QED) is 0.312. The fourth-order valence-electron chi connectivity index (χ4n) is 4.05. The summed E-state index contributed by atoms with van der Waals surface area (Å²) in [7, 11) is 0. The van der Waals surface area contributed by atoms with Crippen LogP contribution in [0.4, 0.5) is 24.5 Å². The van der Waals surface area contributed by atoms with E-state index in [-0.39, 0.29) is 22.8 Å². The van der Waals surface area contributed by atoms with Crippen molar-refractivity contribution in [1.29, 1.82) is 0 Å². The molecule has 0 aliphatic carbocycles. The molecule has 0 radical (unpaired) electrons. The summed E-state index contributed by atoms with van der Waals surface area (Å²) in [5.41, 5.74) is 2.02. The fourth-order valence-corrected chi connectivity index (χ4v) is 4.05. The second kappa shape index (κ2) is 10.0. The van der Waals surface area contributed by atoms with Crippen LogP contribution in [0.15, 0.2) is 60.8 Å². The van der Waals surface area contributed by atoms with Gasteiger partial charge in [0.15, 0.2) is 11.3 Å². The lowest BCUT2D eigenvalue weighted by Crippen LogP contribution is -2.21. The van der Waals surface area contributed by atoms with Gasteiger partial charge in [-0.15, -0.1) is 0 Å². The second-order valence-corrected chi connectivity index (χ2v) is 8.77. The SMILES string of the molecule is CCN(CC)c1ccc(NC(=O)c2cnn3c(C(F)(F)F)cc(-c4ccc(C(C)C)cc4)nc23)cc1. The molecule has 36 heavy (non-hydrogen) atoms. The van der Waals surface area contributed by atoms with Crippen molar-refractivity contribution in [2.24, 2.45) is 0 Å². The van der Waals surface area contributed by atoms with Gasteiger partial charge in [0.25, 0.3) is 5.91 Å². The van der Waals surface area contributed by atoms with Crippen LogP contribution in [0, 0.1) is 0 Å². The van der Waals surface area contributed by atoms with E-state index in [1.807, 2.05) is 38.1 Å². The summed E-state index contributed by atoms with van der Waals surface area (Å²) in [4.78, 5) is 19.6. The predicted octanol–water partition coefficient (Wildman–Crippen LogP) is 6.64. The first-order valence-electron chi connectivity index (χ1n) is 11.8. The first kappa shape index (κ1) is 25.2. The highest BCUT2D eigenvalue weighted by Crippen LogP contribution is 2.33. The Balaban J connectivity index is 1.71. The fraction of sp³-hybridized carbons (Fsp3) is 0.296. The Morgan fingerprint density at radius 1 is 1.03 bits per heavy atom. The number of nitrogens with one attached hydrogen (secondary N) is 1. The maximum absolute atomic E-state index is 13.9. The van der Waals surface area contributed by atoms with Crippen molar-refractivity contribution in [1.82, 2.24) is 14.6 Å². The van der Waals surface area contributed by atoms with Crippen LogP contribution in [0.5, 0.6) is 0 Å². The zero-order valence-corrected chi connectivity index (χ0v) is 20.6. The minimum Gasteiger partial charge on any atom is -0.372 e. The lowest BCUT2D eigenvalue weighted by atomic mass is 10.0. The smallest absolute Gasteiger partial charge is 0.372 e. The number of anilines is 2. The summed E-state index contributed by atoms with van der Waals surface area (Å²) in [6.45, 7) is 9.88. The van der Waals surface area contributed by atoms with Crippen LogP contribution in [-0.4, -0.2) is 33.6 Å². The monoisotopic (exact) mass is 495 g/mol. The highest BCUT2D eigenvalue weighted by Gasteiger charge is 2.36. The van der Waals surface area contributed by atoms with Crippen molar-refractivity contribution in [3.05, 3.63) is 77.6 Å². The van der Waals surface area contributed by atoms with Gasteiger partial charge in [-0.3, -0.25) is 4.79 Å². The number of aromatic nitrogens is 3. The maximum atomic E-state index is 13.9. The van der Waals surface area contributed by atoms with Crippen molar-refractivity contribution >= 4 is 22.9 Å². The number of fused-ring (bicyclic) bond motifs is 1. The lowest BCUT2D eigenvalue weighted by molar-refractivity contribution is -0.142. The van der Waals surface area contributed by atoms with Gasteiger partial charge in [0.05, 0.1) is 11.9 Å². The number of nitrogens with zero attached hydrogens (tertiary/aromatic N) is 4. The van der Waals surface area contributed by atoms with Gasteiger partial charge in [-0.2, -0.15) is 18.3 Å². The van der Waals surface area contributed by atoms with E-state index in [0.717, 1.165) is 36.6 Å². The van der Waals surface area contributed by atoms with Crippen molar-refractivity contribution in [2.45, 2.75) is 39.8 Å². The Morgan fingerprint density at radius 2 is 1.67 bits per heavy atom. The zero-order chi connectivity index (χ0) is 26.0. The van der Waals surface area contributed by atoms with Crippen LogP contribution < -0.4 is 10.2 Å². The van der Waals surface area contributed by atoms with Crippen LogP contribution >= 0.6 is 0 Å². The van der Waals surface area contributed by atoms with Gasteiger partial charge in [-0.25, -0.2) is 9.50 Å². The molecule has 0 saturated heterocycles. The summed E-state index contributed by atoms with van der Waals surface area (Å²) in [5.74, 6) is -0.306. The number of carbonyl (C=O) groups excluding carboxylic acids is 1. The third-order valence-corrected chi connectivity index (χ3v) is 6.13. The van der Waals surface area contributed by atoms with Gasteiger partial charge in [0.1, 0.15) is 5.56 Å². The van der Waals surface area contributed by atoms with Gasteiger partial charge < -0.3 is 10.2 Å². The predicted molar refractivity (Wildman–Crippen MR) is 135 cm³/mol. The Bertz CT molecular complexity index is 1360. The van der Waals surface area contributed by atoms with E-state index >= 15 is 0 Å². The van der Waals surface area contributed by atoms with Gasteiger partial charge in [0.2, 0.25) is 0 Å². The molecule has 188 valence electrons. The first-order valence-corrected chi connectivity index (χ1v) is 11.8. The molecule has 0 fully saturated rings. The van der Waals surface area contributed by atoms with Crippen molar-refractivity contribution in [2.75, 3.05) is 23.3 Å². The topological polar surface area (TPSA) is 62.5 Å². The van der Waals surface area contributed by atoms with Crippen molar-refractivity contribution in [3.63, 3.8) is 0 Å².